The number of aromatic amines is 1. The van der Waals surface area contributed by atoms with Crippen molar-refractivity contribution in [1.29, 1.82) is 0 Å². The molecule has 0 aliphatic carbocycles. The maximum atomic E-state index is 12.4. The van der Waals surface area contributed by atoms with Crippen molar-refractivity contribution in [2.45, 2.75) is 12.6 Å². The van der Waals surface area contributed by atoms with Gasteiger partial charge < -0.3 is 19.7 Å². The minimum atomic E-state index is -0.854. The molecular formula is C27H26ClN3O3. The quantitative estimate of drug-likeness (QED) is 0.377. The molecule has 1 unspecified atom stereocenters. The number of rotatable bonds is 7. The highest BCUT2D eigenvalue weighted by atomic mass is 35.5. The van der Waals surface area contributed by atoms with Gasteiger partial charge >= 0.3 is 5.97 Å². The fraction of sp³-hybridized carbons (Fsp3) is 0.222. The van der Waals surface area contributed by atoms with E-state index >= 15 is 0 Å². The molecule has 0 saturated carbocycles. The van der Waals surface area contributed by atoms with Crippen molar-refractivity contribution in [3.05, 3.63) is 95.1 Å². The molecule has 1 aliphatic heterocycles. The second-order valence-electron chi connectivity index (χ2n) is 8.47. The van der Waals surface area contributed by atoms with Crippen LogP contribution in [0.1, 0.15) is 17.2 Å². The van der Waals surface area contributed by atoms with Crippen molar-refractivity contribution >= 4 is 34.2 Å². The number of ether oxygens (including phenoxy) is 1. The molecule has 3 aromatic carbocycles. The molecule has 1 aromatic heterocycles. The highest BCUT2D eigenvalue weighted by Gasteiger charge is 2.32. The van der Waals surface area contributed by atoms with E-state index in [2.05, 4.69) is 9.88 Å². The maximum absolute atomic E-state index is 12.4. The predicted molar refractivity (Wildman–Crippen MR) is 135 cm³/mol. The van der Waals surface area contributed by atoms with Gasteiger partial charge in [0.25, 0.3) is 0 Å². The average Bonchev–Trinajstić information content (AvgIpc) is 3.26. The molecule has 174 valence electrons. The number of nitrogens with zero attached hydrogens (tertiary/aromatic N) is 2. The van der Waals surface area contributed by atoms with Gasteiger partial charge in [0.15, 0.2) is 0 Å². The number of benzene rings is 3. The van der Waals surface area contributed by atoms with Gasteiger partial charge in [0, 0.05) is 59.6 Å². The Kier molecular flexibility index (Phi) is 6.43. The Morgan fingerprint density at radius 2 is 1.79 bits per heavy atom. The molecule has 1 aliphatic rings. The standard InChI is InChI=1S/C27H26ClN3O3/c28-20-7-4-8-21(15-20)30-11-13-31(14-12-30)26(27(32)33)24-17-29-25-10-9-22(16-23(24)25)34-18-19-5-2-1-3-6-19/h1-10,15-17,26,29H,11-14,18H2,(H,32,33). The number of aromatic nitrogens is 1. The van der Waals surface area contributed by atoms with Crippen LogP contribution < -0.4 is 9.64 Å². The Hall–Kier alpha value is -3.48. The fourth-order valence-electron chi connectivity index (χ4n) is 4.58. The number of halogens is 1. The smallest absolute Gasteiger partial charge is 0.325 e. The first-order valence-electron chi connectivity index (χ1n) is 11.3. The van der Waals surface area contributed by atoms with Crippen LogP contribution >= 0.6 is 11.6 Å². The summed E-state index contributed by atoms with van der Waals surface area (Å²) in [4.78, 5) is 19.9. The van der Waals surface area contributed by atoms with Crippen molar-refractivity contribution in [2.75, 3.05) is 31.1 Å². The monoisotopic (exact) mass is 475 g/mol. The second kappa shape index (κ2) is 9.79. The lowest BCUT2D eigenvalue weighted by Gasteiger charge is -2.38. The summed E-state index contributed by atoms with van der Waals surface area (Å²) in [7, 11) is 0. The molecule has 1 atom stereocenters. The SMILES string of the molecule is O=C(O)C(c1c[nH]c2ccc(OCc3ccccc3)cc12)N1CCN(c2cccc(Cl)c2)CC1. The Labute approximate surface area is 203 Å². The zero-order valence-corrected chi connectivity index (χ0v) is 19.4. The first kappa shape index (κ1) is 22.3. The van der Waals surface area contributed by atoms with Gasteiger partial charge in [0.2, 0.25) is 0 Å². The Morgan fingerprint density at radius 1 is 1.00 bits per heavy atom. The summed E-state index contributed by atoms with van der Waals surface area (Å²) < 4.78 is 5.99. The van der Waals surface area contributed by atoms with Crippen LogP contribution in [0.25, 0.3) is 10.9 Å². The van der Waals surface area contributed by atoms with Crippen LogP contribution in [0.4, 0.5) is 5.69 Å². The van der Waals surface area contributed by atoms with Gasteiger partial charge in [-0.2, -0.15) is 0 Å². The molecular weight excluding hydrogens is 450 g/mol. The van der Waals surface area contributed by atoms with E-state index in [-0.39, 0.29) is 0 Å². The molecule has 5 rings (SSSR count). The third kappa shape index (κ3) is 4.74. The lowest BCUT2D eigenvalue weighted by Crippen LogP contribution is -2.49. The van der Waals surface area contributed by atoms with Gasteiger partial charge in [-0.1, -0.05) is 48.0 Å². The number of H-pyrrole nitrogens is 1. The van der Waals surface area contributed by atoms with Crippen LogP contribution in [0.2, 0.25) is 5.02 Å². The van der Waals surface area contributed by atoms with Crippen molar-refractivity contribution in [3.8, 4) is 5.75 Å². The molecule has 0 radical (unpaired) electrons. The summed E-state index contributed by atoms with van der Waals surface area (Å²) >= 11 is 6.15. The number of carboxylic acids is 1. The number of fused-ring (bicyclic) bond motifs is 1. The third-order valence-electron chi connectivity index (χ3n) is 6.31. The van der Waals surface area contributed by atoms with Gasteiger partial charge in [-0.25, -0.2) is 0 Å². The van der Waals surface area contributed by atoms with E-state index in [4.69, 9.17) is 16.3 Å². The van der Waals surface area contributed by atoms with Gasteiger partial charge in [-0.05, 0) is 42.0 Å². The number of carbonyl (C=O) groups is 1. The van der Waals surface area contributed by atoms with Crippen LogP contribution in [-0.2, 0) is 11.4 Å². The average molecular weight is 476 g/mol. The molecule has 1 saturated heterocycles. The number of nitrogens with one attached hydrogen (secondary N) is 1. The first-order valence-corrected chi connectivity index (χ1v) is 11.7. The Bertz CT molecular complexity index is 1280. The van der Waals surface area contributed by atoms with E-state index in [0.29, 0.717) is 30.5 Å². The Morgan fingerprint density at radius 3 is 2.53 bits per heavy atom. The highest BCUT2D eigenvalue weighted by Crippen LogP contribution is 2.32. The van der Waals surface area contributed by atoms with Crippen molar-refractivity contribution in [2.24, 2.45) is 0 Å². The molecule has 0 amide bonds. The molecule has 34 heavy (non-hydrogen) atoms. The minimum Gasteiger partial charge on any atom is -0.489 e. The van der Waals surface area contributed by atoms with Crippen LogP contribution in [0.3, 0.4) is 0 Å². The lowest BCUT2D eigenvalue weighted by molar-refractivity contribution is -0.143. The second-order valence-corrected chi connectivity index (χ2v) is 8.91. The number of anilines is 1. The van der Waals surface area contributed by atoms with Gasteiger partial charge in [0.1, 0.15) is 18.4 Å². The topological polar surface area (TPSA) is 68.8 Å². The van der Waals surface area contributed by atoms with Crippen molar-refractivity contribution in [1.82, 2.24) is 9.88 Å². The molecule has 4 aromatic rings. The summed E-state index contributed by atoms with van der Waals surface area (Å²) in [5.41, 5.74) is 3.79. The van der Waals surface area contributed by atoms with Crippen molar-refractivity contribution in [3.63, 3.8) is 0 Å². The van der Waals surface area contributed by atoms with Crippen LogP contribution in [-0.4, -0.2) is 47.1 Å². The van der Waals surface area contributed by atoms with E-state index in [1.807, 2.05) is 83.9 Å². The van der Waals surface area contributed by atoms with E-state index in [1.54, 1.807) is 0 Å². The first-order chi connectivity index (χ1) is 16.6. The lowest BCUT2D eigenvalue weighted by atomic mass is 10.0. The summed E-state index contributed by atoms with van der Waals surface area (Å²) in [6.45, 7) is 3.20. The van der Waals surface area contributed by atoms with Crippen LogP contribution in [0, 0.1) is 0 Å². The van der Waals surface area contributed by atoms with Gasteiger partial charge in [-0.3, -0.25) is 9.69 Å². The third-order valence-corrected chi connectivity index (χ3v) is 6.55. The van der Waals surface area contributed by atoms with Crippen LogP contribution in [0.5, 0.6) is 5.75 Å². The van der Waals surface area contributed by atoms with E-state index in [0.717, 1.165) is 40.8 Å². The molecule has 6 nitrogen and oxygen atoms in total. The zero-order valence-electron chi connectivity index (χ0n) is 18.7. The van der Waals surface area contributed by atoms with Crippen molar-refractivity contribution < 1.29 is 14.6 Å². The number of hydrogen-bond donors (Lipinski definition) is 2. The van der Waals surface area contributed by atoms with Gasteiger partial charge in [0.05, 0.1) is 0 Å². The summed E-state index contributed by atoms with van der Waals surface area (Å²) in [5.74, 6) is -0.139. The fourth-order valence-corrected chi connectivity index (χ4v) is 4.76. The van der Waals surface area contributed by atoms with Gasteiger partial charge in [-0.15, -0.1) is 0 Å². The molecule has 0 spiro atoms. The Balaban J connectivity index is 1.34. The highest BCUT2D eigenvalue weighted by molar-refractivity contribution is 6.30. The number of piperazine rings is 1. The molecule has 1 fully saturated rings. The van der Waals surface area contributed by atoms with E-state index in [9.17, 15) is 9.90 Å². The number of carboxylic acid groups (broad SMARTS) is 1. The molecule has 7 heteroatoms. The summed E-state index contributed by atoms with van der Waals surface area (Å²) in [6.07, 6.45) is 1.81. The summed E-state index contributed by atoms with van der Waals surface area (Å²) in [5, 5.41) is 11.8. The predicted octanol–water partition coefficient (Wildman–Crippen LogP) is 5.35. The number of aliphatic carboxylic acids is 1. The minimum absolute atomic E-state index is 0.458. The maximum Gasteiger partial charge on any atom is 0.325 e. The normalized spacial score (nSPS) is 15.4. The largest absolute Gasteiger partial charge is 0.489 e. The molecule has 2 heterocycles. The number of hydrogen-bond acceptors (Lipinski definition) is 4. The van der Waals surface area contributed by atoms with Crippen LogP contribution in [0.15, 0.2) is 79.0 Å². The molecule has 2 N–H and O–H groups in total. The zero-order chi connectivity index (χ0) is 23.5. The van der Waals surface area contributed by atoms with E-state index < -0.39 is 12.0 Å². The van der Waals surface area contributed by atoms with E-state index in [1.165, 1.54) is 0 Å². The summed E-state index contributed by atoms with van der Waals surface area (Å²) in [6, 6.07) is 22.8. The molecule has 0 bridgehead atoms.